The Hall–Kier alpha value is -1.37. The molecule has 0 amide bonds. The fourth-order valence-corrected chi connectivity index (χ4v) is 1.74. The van der Waals surface area contributed by atoms with Crippen molar-refractivity contribution in [2.45, 2.75) is 6.92 Å². The lowest BCUT2D eigenvalue weighted by molar-refractivity contribution is -0.131. The smallest absolute Gasteiger partial charge is 0.349 e. The summed E-state index contributed by atoms with van der Waals surface area (Å²) in [5.74, 6) is -0.0448. The first-order chi connectivity index (χ1) is 7.56. The fraction of sp³-hybridized carbons (Fsp3) is 0.0909. The molecular formula is C11H7IO4. The zero-order valence-electron chi connectivity index (χ0n) is 8.32. The number of ether oxygens (including phenoxy) is 1. The Labute approximate surface area is 104 Å². The van der Waals surface area contributed by atoms with Crippen LogP contribution in [0.1, 0.15) is 6.92 Å². The molecule has 4 nitrogen and oxygen atoms in total. The number of hydrogen-bond acceptors (Lipinski definition) is 4. The Morgan fingerprint density at radius 2 is 2.12 bits per heavy atom. The Morgan fingerprint density at radius 3 is 2.81 bits per heavy atom. The highest BCUT2D eigenvalue weighted by atomic mass is 127. The highest BCUT2D eigenvalue weighted by Crippen LogP contribution is 2.20. The van der Waals surface area contributed by atoms with Gasteiger partial charge in [-0.3, -0.25) is 4.79 Å². The molecule has 0 aliphatic heterocycles. The molecule has 0 bridgehead atoms. The van der Waals surface area contributed by atoms with Crippen molar-refractivity contribution in [2.75, 3.05) is 0 Å². The van der Waals surface area contributed by atoms with Gasteiger partial charge in [0.25, 0.3) is 0 Å². The molecule has 0 saturated carbocycles. The summed E-state index contributed by atoms with van der Waals surface area (Å²) in [6.07, 6.45) is 0. The van der Waals surface area contributed by atoms with Crippen molar-refractivity contribution in [3.05, 3.63) is 38.3 Å². The second-order valence-electron chi connectivity index (χ2n) is 3.18. The lowest BCUT2D eigenvalue weighted by atomic mass is 10.2. The molecule has 0 saturated heterocycles. The lowest BCUT2D eigenvalue weighted by Gasteiger charge is -2.02. The molecule has 0 unspecified atom stereocenters. The number of carbonyl (C=O) groups excluding carboxylic acids is 1. The van der Waals surface area contributed by atoms with Gasteiger partial charge in [-0.25, -0.2) is 4.79 Å². The van der Waals surface area contributed by atoms with Gasteiger partial charge in [-0.05, 0) is 40.8 Å². The molecule has 2 rings (SSSR count). The van der Waals surface area contributed by atoms with E-state index >= 15 is 0 Å². The molecule has 0 N–H and O–H groups in total. The quantitative estimate of drug-likeness (QED) is 0.349. The summed E-state index contributed by atoms with van der Waals surface area (Å²) in [6.45, 7) is 1.31. The maximum atomic E-state index is 11.3. The molecule has 0 spiro atoms. The van der Waals surface area contributed by atoms with Crippen LogP contribution < -0.4 is 10.4 Å². The molecule has 0 aliphatic carbocycles. The van der Waals surface area contributed by atoms with Crippen molar-refractivity contribution >= 4 is 39.5 Å². The largest absolute Gasteiger partial charge is 0.427 e. The van der Waals surface area contributed by atoms with Gasteiger partial charge in [0, 0.05) is 18.4 Å². The van der Waals surface area contributed by atoms with Crippen molar-refractivity contribution in [3.8, 4) is 5.75 Å². The van der Waals surface area contributed by atoms with Gasteiger partial charge < -0.3 is 9.15 Å². The van der Waals surface area contributed by atoms with E-state index in [0.717, 1.165) is 5.39 Å². The number of esters is 1. The average molecular weight is 330 g/mol. The van der Waals surface area contributed by atoms with Crippen LogP contribution in [-0.4, -0.2) is 5.97 Å². The van der Waals surface area contributed by atoms with Crippen LogP contribution in [0.2, 0.25) is 0 Å². The van der Waals surface area contributed by atoms with E-state index in [-0.39, 0.29) is 0 Å². The van der Waals surface area contributed by atoms with E-state index in [1.807, 2.05) is 22.6 Å². The summed E-state index contributed by atoms with van der Waals surface area (Å²) in [6, 6.07) is 6.63. The SMILES string of the molecule is CC(=O)Oc1ccc2cc(I)c(=O)oc2c1. The van der Waals surface area contributed by atoms with E-state index in [9.17, 15) is 9.59 Å². The molecule has 16 heavy (non-hydrogen) atoms. The van der Waals surface area contributed by atoms with Gasteiger partial charge >= 0.3 is 11.6 Å². The summed E-state index contributed by atoms with van der Waals surface area (Å²) < 4.78 is 10.5. The summed E-state index contributed by atoms with van der Waals surface area (Å²) in [7, 11) is 0. The minimum absolute atomic E-state index is 0.365. The molecule has 1 aromatic carbocycles. The Kier molecular flexibility index (Phi) is 2.95. The second-order valence-corrected chi connectivity index (χ2v) is 4.34. The molecule has 0 radical (unpaired) electrons. The molecule has 1 heterocycles. The first-order valence-electron chi connectivity index (χ1n) is 4.48. The fourth-order valence-electron chi connectivity index (χ4n) is 1.30. The molecule has 82 valence electrons. The highest BCUT2D eigenvalue weighted by Gasteiger charge is 2.05. The van der Waals surface area contributed by atoms with E-state index in [0.29, 0.717) is 14.9 Å². The van der Waals surface area contributed by atoms with Crippen molar-refractivity contribution in [2.24, 2.45) is 0 Å². The van der Waals surface area contributed by atoms with Crippen molar-refractivity contribution < 1.29 is 13.9 Å². The number of benzene rings is 1. The first-order valence-corrected chi connectivity index (χ1v) is 5.56. The van der Waals surface area contributed by atoms with Gasteiger partial charge in [0.05, 0.1) is 3.57 Å². The standard InChI is InChI=1S/C11H7IO4/c1-6(13)15-8-3-2-7-4-9(12)11(14)16-10(7)5-8/h2-5H,1H3. The van der Waals surface area contributed by atoms with Crippen LogP contribution in [0.25, 0.3) is 11.0 Å². The molecule has 2 aromatic rings. The summed E-state index contributed by atoms with van der Waals surface area (Å²) >= 11 is 1.91. The Morgan fingerprint density at radius 1 is 1.38 bits per heavy atom. The lowest BCUT2D eigenvalue weighted by Crippen LogP contribution is -2.03. The van der Waals surface area contributed by atoms with Crippen LogP contribution in [0.4, 0.5) is 0 Å². The van der Waals surface area contributed by atoms with Crippen molar-refractivity contribution in [1.29, 1.82) is 0 Å². The number of carbonyl (C=O) groups is 1. The Balaban J connectivity index is 2.57. The van der Waals surface area contributed by atoms with Gasteiger partial charge in [0.1, 0.15) is 11.3 Å². The average Bonchev–Trinajstić information content (AvgIpc) is 2.19. The van der Waals surface area contributed by atoms with Crippen LogP contribution in [0, 0.1) is 3.57 Å². The number of halogens is 1. The van der Waals surface area contributed by atoms with Crippen LogP contribution in [-0.2, 0) is 4.79 Å². The number of fused-ring (bicyclic) bond motifs is 1. The van der Waals surface area contributed by atoms with Gasteiger partial charge in [-0.15, -0.1) is 0 Å². The molecule has 0 fully saturated rings. The maximum Gasteiger partial charge on any atom is 0.349 e. The minimum Gasteiger partial charge on any atom is -0.427 e. The summed E-state index contributed by atoms with van der Waals surface area (Å²) in [4.78, 5) is 22.0. The van der Waals surface area contributed by atoms with Gasteiger partial charge in [-0.1, -0.05) is 0 Å². The normalized spacial score (nSPS) is 10.4. The number of rotatable bonds is 1. The predicted molar refractivity (Wildman–Crippen MR) is 66.5 cm³/mol. The van der Waals surface area contributed by atoms with Gasteiger partial charge in [-0.2, -0.15) is 0 Å². The molecule has 5 heteroatoms. The molecule has 1 aromatic heterocycles. The van der Waals surface area contributed by atoms with E-state index in [1.54, 1.807) is 18.2 Å². The second kappa shape index (κ2) is 4.25. The monoisotopic (exact) mass is 330 g/mol. The summed E-state index contributed by atoms with van der Waals surface area (Å²) in [5.41, 5.74) is 0.0113. The van der Waals surface area contributed by atoms with Crippen LogP contribution in [0.3, 0.4) is 0 Å². The maximum absolute atomic E-state index is 11.3. The third-order valence-corrected chi connectivity index (χ3v) is 2.68. The van der Waals surface area contributed by atoms with E-state index in [1.165, 1.54) is 13.0 Å². The first kappa shape index (κ1) is 11.1. The van der Waals surface area contributed by atoms with Crippen molar-refractivity contribution in [1.82, 2.24) is 0 Å². The van der Waals surface area contributed by atoms with E-state index < -0.39 is 11.6 Å². The van der Waals surface area contributed by atoms with E-state index in [2.05, 4.69) is 0 Å². The van der Waals surface area contributed by atoms with Crippen LogP contribution >= 0.6 is 22.6 Å². The molecular weight excluding hydrogens is 323 g/mol. The Bertz CT molecular complexity index is 615. The molecule has 0 aliphatic rings. The highest BCUT2D eigenvalue weighted by molar-refractivity contribution is 14.1. The predicted octanol–water partition coefficient (Wildman–Crippen LogP) is 2.32. The van der Waals surface area contributed by atoms with Crippen LogP contribution in [0.5, 0.6) is 5.75 Å². The third kappa shape index (κ3) is 2.24. The van der Waals surface area contributed by atoms with Crippen LogP contribution in [0.15, 0.2) is 33.5 Å². The van der Waals surface area contributed by atoms with E-state index in [4.69, 9.17) is 9.15 Å². The topological polar surface area (TPSA) is 56.5 Å². The van der Waals surface area contributed by atoms with Crippen molar-refractivity contribution in [3.63, 3.8) is 0 Å². The van der Waals surface area contributed by atoms with Gasteiger partial charge in [0.2, 0.25) is 0 Å². The zero-order chi connectivity index (χ0) is 11.7. The summed E-state index contributed by atoms with van der Waals surface area (Å²) in [5, 5.41) is 0.792. The third-order valence-electron chi connectivity index (χ3n) is 1.93. The molecule has 0 atom stereocenters. The van der Waals surface area contributed by atoms with Gasteiger partial charge in [0.15, 0.2) is 0 Å². The number of hydrogen-bond donors (Lipinski definition) is 0. The minimum atomic E-state index is -0.410. The zero-order valence-corrected chi connectivity index (χ0v) is 10.5.